The summed E-state index contributed by atoms with van der Waals surface area (Å²) >= 11 is 0. The Morgan fingerprint density at radius 1 is 1.00 bits per heavy atom. The van der Waals surface area contributed by atoms with Crippen LogP contribution in [0.5, 0.6) is 0 Å². The third-order valence-electron chi connectivity index (χ3n) is 3.48. The van der Waals surface area contributed by atoms with Gasteiger partial charge in [-0.3, -0.25) is 0 Å². The molecular weight excluding hydrogens is 212 g/mol. The number of hydrogen-bond donors (Lipinski definition) is 0. The van der Waals surface area contributed by atoms with E-state index in [-0.39, 0.29) is 12.2 Å². The first-order valence-corrected chi connectivity index (χ1v) is 6.47. The molecule has 1 saturated heterocycles. The van der Waals surface area contributed by atoms with Crippen LogP contribution in [0.15, 0.2) is 42.2 Å². The lowest BCUT2D eigenvalue weighted by Gasteiger charge is -2.30. The fourth-order valence-electron chi connectivity index (χ4n) is 2.61. The zero-order valence-corrected chi connectivity index (χ0v) is 9.97. The summed E-state index contributed by atoms with van der Waals surface area (Å²) in [6.07, 6.45) is 7.05. The van der Waals surface area contributed by atoms with E-state index < -0.39 is 0 Å². The van der Waals surface area contributed by atoms with Crippen LogP contribution in [0.3, 0.4) is 0 Å². The highest BCUT2D eigenvalue weighted by atomic mass is 16.5. The van der Waals surface area contributed by atoms with Crippen LogP contribution in [0.4, 0.5) is 0 Å². The highest BCUT2D eigenvalue weighted by molar-refractivity contribution is 5.18. The van der Waals surface area contributed by atoms with Gasteiger partial charge in [-0.15, -0.1) is 0 Å². The maximum Gasteiger partial charge on any atom is 0.121 e. The van der Waals surface area contributed by atoms with Crippen molar-refractivity contribution in [3.63, 3.8) is 0 Å². The Balaban J connectivity index is 1.71. The summed E-state index contributed by atoms with van der Waals surface area (Å²) in [6.45, 7) is 0.825. The van der Waals surface area contributed by atoms with Crippen LogP contribution in [0.1, 0.15) is 37.4 Å². The Labute approximate surface area is 102 Å². The van der Waals surface area contributed by atoms with Gasteiger partial charge in [-0.05, 0) is 30.9 Å². The van der Waals surface area contributed by atoms with E-state index in [0.717, 1.165) is 31.6 Å². The molecule has 0 radical (unpaired) electrons. The van der Waals surface area contributed by atoms with E-state index in [1.54, 1.807) is 0 Å². The summed E-state index contributed by atoms with van der Waals surface area (Å²) in [5.41, 5.74) is 1.29. The summed E-state index contributed by atoms with van der Waals surface area (Å²) in [5, 5.41) is 0. The Kier molecular flexibility index (Phi) is 3.14. The summed E-state index contributed by atoms with van der Waals surface area (Å²) in [4.78, 5) is 0. The molecule has 2 aliphatic heterocycles. The smallest absolute Gasteiger partial charge is 0.121 e. The third-order valence-corrected chi connectivity index (χ3v) is 3.48. The monoisotopic (exact) mass is 230 g/mol. The summed E-state index contributed by atoms with van der Waals surface area (Å²) in [7, 11) is 0. The van der Waals surface area contributed by atoms with Crippen LogP contribution in [-0.4, -0.2) is 12.7 Å². The van der Waals surface area contributed by atoms with Gasteiger partial charge in [-0.1, -0.05) is 30.3 Å². The average molecular weight is 230 g/mol. The van der Waals surface area contributed by atoms with Gasteiger partial charge in [-0.2, -0.15) is 0 Å². The number of hydrogen-bond acceptors (Lipinski definition) is 2. The van der Waals surface area contributed by atoms with Crippen molar-refractivity contribution >= 4 is 0 Å². The summed E-state index contributed by atoms with van der Waals surface area (Å²) in [5.74, 6) is 1.06. The first-order chi connectivity index (χ1) is 8.43. The highest BCUT2D eigenvalue weighted by Crippen LogP contribution is 2.34. The molecule has 90 valence electrons. The standard InChI is InChI=1S/C15H18O2/c1-2-6-12(7-3-1)13-8-4-9-15(17-13)14-10-5-11-16-14/h1-3,6-7,10,13,15H,4-5,8-9,11H2/t13-,15+/m1/s1. The molecule has 1 aromatic rings. The van der Waals surface area contributed by atoms with Gasteiger partial charge >= 0.3 is 0 Å². The summed E-state index contributed by atoms with van der Waals surface area (Å²) in [6, 6.07) is 10.5. The van der Waals surface area contributed by atoms with Gasteiger partial charge in [0.2, 0.25) is 0 Å². The maximum absolute atomic E-state index is 6.16. The molecule has 3 rings (SSSR count). The lowest BCUT2D eigenvalue weighted by molar-refractivity contribution is -0.0544. The second kappa shape index (κ2) is 4.92. The molecule has 1 aromatic carbocycles. The summed E-state index contributed by atoms with van der Waals surface area (Å²) < 4.78 is 11.8. The molecule has 2 aliphatic rings. The van der Waals surface area contributed by atoms with Crippen LogP contribution in [0.2, 0.25) is 0 Å². The fourth-order valence-corrected chi connectivity index (χ4v) is 2.61. The van der Waals surface area contributed by atoms with Crippen molar-refractivity contribution < 1.29 is 9.47 Å². The van der Waals surface area contributed by atoms with Crippen molar-refractivity contribution in [1.29, 1.82) is 0 Å². The van der Waals surface area contributed by atoms with E-state index in [1.165, 1.54) is 12.0 Å². The molecule has 2 nitrogen and oxygen atoms in total. The van der Waals surface area contributed by atoms with E-state index in [4.69, 9.17) is 9.47 Å². The van der Waals surface area contributed by atoms with Crippen molar-refractivity contribution in [1.82, 2.24) is 0 Å². The van der Waals surface area contributed by atoms with Crippen molar-refractivity contribution in [3.05, 3.63) is 47.7 Å². The Morgan fingerprint density at radius 3 is 2.59 bits per heavy atom. The van der Waals surface area contributed by atoms with Crippen LogP contribution >= 0.6 is 0 Å². The quantitative estimate of drug-likeness (QED) is 0.772. The van der Waals surface area contributed by atoms with Gasteiger partial charge in [0.05, 0.1) is 12.7 Å². The lowest BCUT2D eigenvalue weighted by Crippen LogP contribution is -2.24. The fraction of sp³-hybridized carbons (Fsp3) is 0.467. The van der Waals surface area contributed by atoms with Crippen LogP contribution in [0.25, 0.3) is 0 Å². The predicted octanol–water partition coefficient (Wildman–Crippen LogP) is 3.60. The molecule has 0 amide bonds. The minimum Gasteiger partial charge on any atom is -0.495 e. The molecule has 0 spiro atoms. The third kappa shape index (κ3) is 2.37. The van der Waals surface area contributed by atoms with Crippen LogP contribution in [0, 0.1) is 0 Å². The molecule has 0 unspecified atom stereocenters. The number of rotatable bonds is 2. The molecule has 2 heterocycles. The Hall–Kier alpha value is -1.28. The molecule has 17 heavy (non-hydrogen) atoms. The van der Waals surface area contributed by atoms with Crippen molar-refractivity contribution in [2.75, 3.05) is 6.61 Å². The number of ether oxygens (including phenoxy) is 2. The van der Waals surface area contributed by atoms with Gasteiger partial charge in [0.25, 0.3) is 0 Å². The first kappa shape index (κ1) is 10.8. The molecule has 0 saturated carbocycles. The molecule has 0 N–H and O–H groups in total. The molecule has 2 atom stereocenters. The zero-order chi connectivity index (χ0) is 11.5. The van der Waals surface area contributed by atoms with Crippen molar-refractivity contribution in [3.8, 4) is 0 Å². The second-order valence-corrected chi connectivity index (χ2v) is 4.70. The zero-order valence-electron chi connectivity index (χ0n) is 9.97. The van der Waals surface area contributed by atoms with Gasteiger partial charge in [0, 0.05) is 6.42 Å². The number of benzene rings is 1. The second-order valence-electron chi connectivity index (χ2n) is 4.70. The predicted molar refractivity (Wildman–Crippen MR) is 66.6 cm³/mol. The highest BCUT2D eigenvalue weighted by Gasteiger charge is 2.28. The van der Waals surface area contributed by atoms with E-state index in [9.17, 15) is 0 Å². The van der Waals surface area contributed by atoms with Crippen LogP contribution in [-0.2, 0) is 9.47 Å². The van der Waals surface area contributed by atoms with Gasteiger partial charge < -0.3 is 9.47 Å². The topological polar surface area (TPSA) is 18.5 Å². The molecule has 0 aliphatic carbocycles. The Bertz CT molecular complexity index is 397. The minimum atomic E-state index is 0.177. The van der Waals surface area contributed by atoms with Gasteiger partial charge in [0.1, 0.15) is 11.9 Å². The largest absolute Gasteiger partial charge is 0.495 e. The normalized spacial score (nSPS) is 28.6. The maximum atomic E-state index is 6.16. The van der Waals surface area contributed by atoms with Crippen LogP contribution < -0.4 is 0 Å². The molecule has 2 heteroatoms. The molecule has 0 bridgehead atoms. The first-order valence-electron chi connectivity index (χ1n) is 6.47. The SMILES string of the molecule is C1=C([C@@H]2CCC[C@H](c3ccccc3)O2)OCC1. The molecule has 0 aromatic heterocycles. The van der Waals surface area contributed by atoms with Crippen molar-refractivity contribution in [2.24, 2.45) is 0 Å². The van der Waals surface area contributed by atoms with E-state index >= 15 is 0 Å². The van der Waals surface area contributed by atoms with Gasteiger partial charge in [0.15, 0.2) is 0 Å². The average Bonchev–Trinajstić information content (AvgIpc) is 2.94. The van der Waals surface area contributed by atoms with E-state index in [2.05, 4.69) is 30.3 Å². The van der Waals surface area contributed by atoms with Crippen molar-refractivity contribution in [2.45, 2.75) is 37.9 Å². The van der Waals surface area contributed by atoms with E-state index in [0.29, 0.717) is 0 Å². The molecular formula is C15H18O2. The van der Waals surface area contributed by atoms with Gasteiger partial charge in [-0.25, -0.2) is 0 Å². The van der Waals surface area contributed by atoms with E-state index in [1.807, 2.05) is 6.07 Å². The molecule has 1 fully saturated rings. The lowest BCUT2D eigenvalue weighted by atomic mass is 9.97. The Morgan fingerprint density at radius 2 is 1.82 bits per heavy atom. The minimum absolute atomic E-state index is 0.177.